The first-order chi connectivity index (χ1) is 8.74. The zero-order valence-electron chi connectivity index (χ0n) is 10.7. The van der Waals surface area contributed by atoms with Crippen LogP contribution in [0.5, 0.6) is 0 Å². The number of hydrogen-bond donors (Lipinski definition) is 1. The molecule has 0 aliphatic heterocycles. The summed E-state index contributed by atoms with van der Waals surface area (Å²) in [5.74, 6) is 1.05. The van der Waals surface area contributed by atoms with Crippen LogP contribution in [0.15, 0.2) is 41.0 Å². The minimum atomic E-state index is 0.261. The molecule has 0 aliphatic rings. The molecule has 1 atom stereocenters. The van der Waals surface area contributed by atoms with E-state index in [0.717, 1.165) is 23.6 Å². The van der Waals surface area contributed by atoms with E-state index in [1.165, 1.54) is 11.1 Å². The Morgan fingerprint density at radius 3 is 2.83 bits per heavy atom. The average Bonchev–Trinajstić information content (AvgIpc) is 2.84. The van der Waals surface area contributed by atoms with Crippen LogP contribution in [0.3, 0.4) is 0 Å². The molecule has 1 aromatic carbocycles. The van der Waals surface area contributed by atoms with E-state index in [4.69, 9.17) is 16.0 Å². The third-order valence-electron chi connectivity index (χ3n) is 3.15. The minimum absolute atomic E-state index is 0.261. The van der Waals surface area contributed by atoms with Gasteiger partial charge in [-0.25, -0.2) is 0 Å². The third kappa shape index (κ3) is 2.95. The molecule has 1 heterocycles. The van der Waals surface area contributed by atoms with Crippen LogP contribution >= 0.6 is 11.6 Å². The molecule has 2 rings (SSSR count). The molecule has 1 unspecified atom stereocenters. The predicted molar refractivity (Wildman–Crippen MR) is 75.0 cm³/mol. The minimum Gasteiger partial charge on any atom is -0.469 e. The number of benzene rings is 1. The van der Waals surface area contributed by atoms with Crippen molar-refractivity contribution in [1.82, 2.24) is 5.32 Å². The summed E-state index contributed by atoms with van der Waals surface area (Å²) < 4.78 is 5.49. The molecule has 0 bridgehead atoms. The number of nitrogens with one attached hydrogen (secondary N) is 1. The molecule has 0 radical (unpaired) electrons. The topological polar surface area (TPSA) is 25.2 Å². The lowest BCUT2D eigenvalue weighted by Gasteiger charge is -2.16. The Balaban J connectivity index is 2.20. The third-order valence-corrected chi connectivity index (χ3v) is 3.39. The summed E-state index contributed by atoms with van der Waals surface area (Å²) in [6.07, 6.45) is 3.58. The molecule has 0 fully saturated rings. The highest BCUT2D eigenvalue weighted by molar-refractivity contribution is 6.30. The standard InChI is InChI=1S/C15H18ClNO/c1-3-15-13(7-8-18-15)14(17-2)10-11-5-4-6-12(16)9-11/h4-9,14,17H,3,10H2,1-2H3. The normalized spacial score (nSPS) is 12.6. The summed E-state index contributed by atoms with van der Waals surface area (Å²) >= 11 is 6.02. The van der Waals surface area contributed by atoms with Gasteiger partial charge in [0, 0.05) is 23.0 Å². The van der Waals surface area contributed by atoms with E-state index in [-0.39, 0.29) is 6.04 Å². The van der Waals surface area contributed by atoms with Crippen molar-refractivity contribution < 1.29 is 4.42 Å². The van der Waals surface area contributed by atoms with E-state index in [1.807, 2.05) is 31.3 Å². The highest BCUT2D eigenvalue weighted by atomic mass is 35.5. The van der Waals surface area contributed by atoms with Gasteiger partial charge in [0.2, 0.25) is 0 Å². The monoisotopic (exact) mass is 263 g/mol. The molecule has 18 heavy (non-hydrogen) atoms. The SMILES string of the molecule is CCc1occc1C(Cc1cccc(Cl)c1)NC. The Morgan fingerprint density at radius 1 is 1.33 bits per heavy atom. The van der Waals surface area contributed by atoms with Crippen LogP contribution in [-0.2, 0) is 12.8 Å². The van der Waals surface area contributed by atoms with Crippen molar-refractivity contribution in [2.45, 2.75) is 25.8 Å². The van der Waals surface area contributed by atoms with E-state index in [2.05, 4.69) is 18.3 Å². The van der Waals surface area contributed by atoms with Crippen LogP contribution in [0, 0.1) is 0 Å². The van der Waals surface area contributed by atoms with E-state index in [9.17, 15) is 0 Å². The summed E-state index contributed by atoms with van der Waals surface area (Å²) in [4.78, 5) is 0. The second kappa shape index (κ2) is 6.07. The zero-order valence-corrected chi connectivity index (χ0v) is 11.5. The first-order valence-corrected chi connectivity index (χ1v) is 6.60. The Kier molecular flexibility index (Phi) is 4.45. The van der Waals surface area contributed by atoms with Crippen molar-refractivity contribution in [3.8, 4) is 0 Å². The number of furan rings is 1. The fourth-order valence-corrected chi connectivity index (χ4v) is 2.43. The molecule has 2 aromatic rings. The van der Waals surface area contributed by atoms with Gasteiger partial charge < -0.3 is 9.73 Å². The maximum absolute atomic E-state index is 6.02. The smallest absolute Gasteiger partial charge is 0.108 e. The Morgan fingerprint density at radius 2 is 2.17 bits per heavy atom. The Hall–Kier alpha value is -1.25. The van der Waals surface area contributed by atoms with Gasteiger partial charge in [-0.15, -0.1) is 0 Å². The van der Waals surface area contributed by atoms with Gasteiger partial charge in [0.1, 0.15) is 5.76 Å². The molecular weight excluding hydrogens is 246 g/mol. The van der Waals surface area contributed by atoms with Gasteiger partial charge in [-0.1, -0.05) is 30.7 Å². The number of aryl methyl sites for hydroxylation is 1. The molecule has 2 nitrogen and oxygen atoms in total. The Labute approximate surface area is 113 Å². The summed E-state index contributed by atoms with van der Waals surface area (Å²) in [7, 11) is 1.97. The maximum Gasteiger partial charge on any atom is 0.108 e. The number of hydrogen-bond acceptors (Lipinski definition) is 2. The number of rotatable bonds is 5. The van der Waals surface area contributed by atoms with Crippen LogP contribution < -0.4 is 5.32 Å². The van der Waals surface area contributed by atoms with Crippen molar-refractivity contribution >= 4 is 11.6 Å². The molecule has 1 aromatic heterocycles. The van der Waals surface area contributed by atoms with E-state index in [1.54, 1.807) is 6.26 Å². The van der Waals surface area contributed by atoms with Gasteiger partial charge in [0.05, 0.1) is 6.26 Å². The summed E-state index contributed by atoms with van der Waals surface area (Å²) in [6, 6.07) is 10.3. The maximum atomic E-state index is 6.02. The average molecular weight is 264 g/mol. The van der Waals surface area contributed by atoms with Crippen LogP contribution in [0.25, 0.3) is 0 Å². The summed E-state index contributed by atoms with van der Waals surface area (Å²) in [5.41, 5.74) is 2.46. The van der Waals surface area contributed by atoms with Gasteiger partial charge in [-0.3, -0.25) is 0 Å². The fraction of sp³-hybridized carbons (Fsp3) is 0.333. The lowest BCUT2D eigenvalue weighted by atomic mass is 9.98. The van der Waals surface area contributed by atoms with E-state index >= 15 is 0 Å². The van der Waals surface area contributed by atoms with Crippen molar-refractivity contribution in [2.24, 2.45) is 0 Å². The molecule has 96 valence electrons. The van der Waals surface area contributed by atoms with Gasteiger partial charge in [-0.05, 0) is 37.2 Å². The van der Waals surface area contributed by atoms with E-state index < -0.39 is 0 Å². The lowest BCUT2D eigenvalue weighted by Crippen LogP contribution is -2.19. The molecular formula is C15H18ClNO. The molecule has 0 saturated heterocycles. The van der Waals surface area contributed by atoms with E-state index in [0.29, 0.717) is 0 Å². The predicted octanol–water partition coefficient (Wildman–Crippen LogP) is 4.00. The molecule has 0 amide bonds. The van der Waals surface area contributed by atoms with Gasteiger partial charge >= 0.3 is 0 Å². The summed E-state index contributed by atoms with van der Waals surface area (Å²) in [5, 5.41) is 4.13. The van der Waals surface area contributed by atoms with Crippen molar-refractivity contribution in [3.05, 3.63) is 58.5 Å². The second-order valence-electron chi connectivity index (χ2n) is 4.33. The molecule has 3 heteroatoms. The summed E-state index contributed by atoms with van der Waals surface area (Å²) in [6.45, 7) is 2.11. The zero-order chi connectivity index (χ0) is 13.0. The molecule has 0 spiro atoms. The van der Waals surface area contributed by atoms with Crippen LogP contribution in [0.1, 0.15) is 29.9 Å². The van der Waals surface area contributed by atoms with Crippen molar-refractivity contribution in [3.63, 3.8) is 0 Å². The van der Waals surface area contributed by atoms with Crippen LogP contribution in [-0.4, -0.2) is 7.05 Å². The van der Waals surface area contributed by atoms with Gasteiger partial charge in [-0.2, -0.15) is 0 Å². The molecule has 1 N–H and O–H groups in total. The second-order valence-corrected chi connectivity index (χ2v) is 4.76. The van der Waals surface area contributed by atoms with Gasteiger partial charge in [0.15, 0.2) is 0 Å². The highest BCUT2D eigenvalue weighted by Crippen LogP contribution is 2.24. The van der Waals surface area contributed by atoms with Crippen LogP contribution in [0.2, 0.25) is 5.02 Å². The molecule has 0 aliphatic carbocycles. The Bertz CT molecular complexity index is 507. The lowest BCUT2D eigenvalue weighted by molar-refractivity contribution is 0.495. The van der Waals surface area contributed by atoms with Crippen LogP contribution in [0.4, 0.5) is 0 Å². The molecule has 0 saturated carbocycles. The van der Waals surface area contributed by atoms with Crippen molar-refractivity contribution in [2.75, 3.05) is 7.05 Å². The largest absolute Gasteiger partial charge is 0.469 e. The van der Waals surface area contributed by atoms with Crippen molar-refractivity contribution in [1.29, 1.82) is 0 Å². The highest BCUT2D eigenvalue weighted by Gasteiger charge is 2.15. The quantitative estimate of drug-likeness (QED) is 0.882. The number of likely N-dealkylation sites (N-methyl/N-ethyl adjacent to an activating group) is 1. The number of halogens is 1. The van der Waals surface area contributed by atoms with Gasteiger partial charge in [0.25, 0.3) is 0 Å². The first-order valence-electron chi connectivity index (χ1n) is 6.22. The first kappa shape index (κ1) is 13.2. The fourth-order valence-electron chi connectivity index (χ4n) is 2.22.